The Hall–Kier alpha value is -3.65. The maximum atomic E-state index is 14.3. The molecule has 7 nitrogen and oxygen atoms in total. The Bertz CT molecular complexity index is 1170. The van der Waals surface area contributed by atoms with Crippen LogP contribution in [0.15, 0.2) is 71.3 Å². The third-order valence-corrected chi connectivity index (χ3v) is 6.83. The van der Waals surface area contributed by atoms with Crippen LogP contribution in [-0.2, 0) is 9.53 Å². The van der Waals surface area contributed by atoms with Crippen LogP contribution >= 0.6 is 0 Å². The number of hydrogen-bond donors (Lipinski definition) is 1. The van der Waals surface area contributed by atoms with Gasteiger partial charge in [-0.25, -0.2) is 4.39 Å². The maximum absolute atomic E-state index is 14.3. The van der Waals surface area contributed by atoms with Gasteiger partial charge in [0.2, 0.25) is 5.91 Å². The van der Waals surface area contributed by atoms with Crippen LogP contribution in [0.4, 0.5) is 15.8 Å². The molecular formula is C28H30FN3O4. The summed E-state index contributed by atoms with van der Waals surface area (Å²) in [6.07, 6.45) is 5.33. The van der Waals surface area contributed by atoms with Gasteiger partial charge in [0.1, 0.15) is 11.9 Å². The minimum atomic E-state index is -1.01. The molecule has 2 amide bonds. The van der Waals surface area contributed by atoms with E-state index < -0.39 is 17.8 Å². The van der Waals surface area contributed by atoms with Crippen LogP contribution in [-0.4, -0.2) is 44.2 Å². The fourth-order valence-electron chi connectivity index (χ4n) is 4.99. The van der Waals surface area contributed by atoms with Crippen molar-refractivity contribution < 1.29 is 23.1 Å². The van der Waals surface area contributed by atoms with Gasteiger partial charge in [0.15, 0.2) is 5.76 Å². The SMILES string of the molecule is O=C(NC1CCCC1)[C@@H](c1ccc(N2CCOCC2)cc1)N(C(=O)c1ccco1)c1cccc(F)c1. The van der Waals surface area contributed by atoms with Crippen LogP contribution in [0.3, 0.4) is 0 Å². The third-order valence-electron chi connectivity index (χ3n) is 6.83. The average molecular weight is 492 g/mol. The number of amides is 2. The lowest BCUT2D eigenvalue weighted by molar-refractivity contribution is -0.123. The topological polar surface area (TPSA) is 75.0 Å². The zero-order valence-electron chi connectivity index (χ0n) is 20.1. The summed E-state index contributed by atoms with van der Waals surface area (Å²) >= 11 is 0. The number of benzene rings is 2. The van der Waals surface area contributed by atoms with Gasteiger partial charge in [-0.15, -0.1) is 0 Å². The monoisotopic (exact) mass is 491 g/mol. The summed E-state index contributed by atoms with van der Waals surface area (Å²) in [6, 6.07) is 15.6. The summed E-state index contributed by atoms with van der Waals surface area (Å²) in [7, 11) is 0. The van der Waals surface area contributed by atoms with E-state index in [0.29, 0.717) is 18.8 Å². The number of anilines is 2. The molecule has 188 valence electrons. The van der Waals surface area contributed by atoms with Gasteiger partial charge >= 0.3 is 0 Å². The quantitative estimate of drug-likeness (QED) is 0.519. The molecule has 1 saturated heterocycles. The van der Waals surface area contributed by atoms with Crippen molar-refractivity contribution in [2.75, 3.05) is 36.1 Å². The second-order valence-electron chi connectivity index (χ2n) is 9.22. The minimum Gasteiger partial charge on any atom is -0.459 e. The van der Waals surface area contributed by atoms with Crippen molar-refractivity contribution in [1.29, 1.82) is 0 Å². The van der Waals surface area contributed by atoms with E-state index in [1.54, 1.807) is 18.2 Å². The first-order valence-corrected chi connectivity index (χ1v) is 12.5. The number of rotatable bonds is 7. The number of ether oxygens (including phenoxy) is 1. The van der Waals surface area contributed by atoms with Gasteiger partial charge in [0.25, 0.3) is 5.91 Å². The van der Waals surface area contributed by atoms with Gasteiger partial charge < -0.3 is 19.4 Å². The van der Waals surface area contributed by atoms with E-state index in [4.69, 9.17) is 9.15 Å². The molecule has 0 bridgehead atoms. The van der Waals surface area contributed by atoms with Crippen molar-refractivity contribution in [3.05, 3.63) is 84.1 Å². The highest BCUT2D eigenvalue weighted by Crippen LogP contribution is 2.32. The lowest BCUT2D eigenvalue weighted by atomic mass is 10.0. The Morgan fingerprint density at radius 1 is 1.00 bits per heavy atom. The number of carbonyl (C=O) groups excluding carboxylic acids is 2. The fourth-order valence-corrected chi connectivity index (χ4v) is 4.99. The van der Waals surface area contributed by atoms with Crippen molar-refractivity contribution in [3.63, 3.8) is 0 Å². The molecule has 0 spiro atoms. The molecule has 5 rings (SSSR count). The summed E-state index contributed by atoms with van der Waals surface area (Å²) in [6.45, 7) is 2.91. The van der Waals surface area contributed by atoms with Crippen molar-refractivity contribution in [2.45, 2.75) is 37.8 Å². The van der Waals surface area contributed by atoms with E-state index in [0.717, 1.165) is 44.5 Å². The van der Waals surface area contributed by atoms with Crippen LogP contribution in [0.5, 0.6) is 0 Å². The number of nitrogens with one attached hydrogen (secondary N) is 1. The predicted octanol–water partition coefficient (Wildman–Crippen LogP) is 4.70. The number of hydrogen-bond acceptors (Lipinski definition) is 5. The van der Waals surface area contributed by atoms with Crippen LogP contribution in [0.25, 0.3) is 0 Å². The lowest BCUT2D eigenvalue weighted by Gasteiger charge is -2.32. The van der Waals surface area contributed by atoms with Gasteiger partial charge in [-0.1, -0.05) is 31.0 Å². The lowest BCUT2D eigenvalue weighted by Crippen LogP contribution is -2.46. The Morgan fingerprint density at radius 2 is 1.75 bits per heavy atom. The van der Waals surface area contributed by atoms with Crippen molar-refractivity contribution in [1.82, 2.24) is 5.32 Å². The number of carbonyl (C=O) groups is 2. The molecule has 2 aromatic carbocycles. The van der Waals surface area contributed by atoms with E-state index in [-0.39, 0.29) is 23.4 Å². The molecule has 8 heteroatoms. The highest BCUT2D eigenvalue weighted by atomic mass is 19.1. The van der Waals surface area contributed by atoms with Crippen molar-refractivity contribution in [3.8, 4) is 0 Å². The van der Waals surface area contributed by atoms with Crippen LogP contribution in [0.2, 0.25) is 0 Å². The van der Waals surface area contributed by atoms with Gasteiger partial charge in [0, 0.05) is 30.5 Å². The van der Waals surface area contributed by atoms with E-state index in [1.807, 2.05) is 24.3 Å². The molecule has 0 radical (unpaired) electrons. The smallest absolute Gasteiger partial charge is 0.294 e. The summed E-state index contributed by atoms with van der Waals surface area (Å²) in [5, 5.41) is 3.14. The largest absolute Gasteiger partial charge is 0.459 e. The normalized spacial score (nSPS) is 17.1. The van der Waals surface area contributed by atoms with Crippen molar-refractivity contribution >= 4 is 23.2 Å². The van der Waals surface area contributed by atoms with E-state index in [9.17, 15) is 14.0 Å². The highest BCUT2D eigenvalue weighted by Gasteiger charge is 2.36. The summed E-state index contributed by atoms with van der Waals surface area (Å²) in [5.74, 6) is -1.25. The molecule has 3 aromatic rings. The predicted molar refractivity (Wildman–Crippen MR) is 135 cm³/mol. The van der Waals surface area contributed by atoms with Crippen molar-refractivity contribution in [2.24, 2.45) is 0 Å². The zero-order valence-corrected chi connectivity index (χ0v) is 20.1. The van der Waals surface area contributed by atoms with Gasteiger partial charge in [0.05, 0.1) is 19.5 Å². The van der Waals surface area contributed by atoms with Crippen LogP contribution in [0.1, 0.15) is 47.8 Å². The molecule has 2 fully saturated rings. The van der Waals surface area contributed by atoms with E-state index >= 15 is 0 Å². The molecule has 1 atom stereocenters. The van der Waals surface area contributed by atoms with Crippen LogP contribution in [0, 0.1) is 5.82 Å². The molecule has 1 saturated carbocycles. The standard InChI is InChI=1S/C28H30FN3O4/c29-21-5-3-8-24(19-21)32(28(34)25-9-4-16-36-25)26(27(33)30-22-6-1-2-7-22)20-10-12-23(13-11-20)31-14-17-35-18-15-31/h3-5,8-13,16,19,22,26H,1-2,6-7,14-15,17-18H2,(H,30,33)/t26-/m1/s1. The zero-order chi connectivity index (χ0) is 24.9. The molecule has 1 aliphatic carbocycles. The Morgan fingerprint density at radius 3 is 2.42 bits per heavy atom. The second-order valence-corrected chi connectivity index (χ2v) is 9.22. The molecule has 1 N–H and O–H groups in total. The fraction of sp³-hybridized carbons (Fsp3) is 0.357. The molecule has 36 heavy (non-hydrogen) atoms. The van der Waals surface area contributed by atoms with Gasteiger partial charge in [-0.2, -0.15) is 0 Å². The summed E-state index contributed by atoms with van der Waals surface area (Å²) < 4.78 is 25.2. The first kappa shape index (κ1) is 24.1. The molecule has 1 aliphatic heterocycles. The van der Waals surface area contributed by atoms with E-state index in [1.165, 1.54) is 29.4 Å². The Kier molecular flexibility index (Phi) is 7.32. The molecule has 2 heterocycles. The molecular weight excluding hydrogens is 461 g/mol. The third kappa shape index (κ3) is 5.28. The first-order valence-electron chi connectivity index (χ1n) is 12.5. The molecule has 1 aromatic heterocycles. The number of nitrogens with zero attached hydrogens (tertiary/aromatic N) is 2. The van der Waals surface area contributed by atoms with E-state index in [2.05, 4.69) is 10.2 Å². The van der Waals surface area contributed by atoms with Gasteiger partial charge in [-0.3, -0.25) is 14.5 Å². The van der Waals surface area contributed by atoms with Crippen LogP contribution < -0.4 is 15.1 Å². The Balaban J connectivity index is 1.55. The Labute approximate surface area is 209 Å². The molecule has 0 unspecified atom stereocenters. The second kappa shape index (κ2) is 11.0. The number of halogens is 1. The molecule has 2 aliphatic rings. The van der Waals surface area contributed by atoms with Gasteiger partial charge in [-0.05, 0) is 60.9 Å². The average Bonchev–Trinajstić information content (AvgIpc) is 3.62. The highest BCUT2D eigenvalue weighted by molar-refractivity contribution is 6.08. The number of furan rings is 1. The minimum absolute atomic E-state index is 0.0562. The maximum Gasteiger partial charge on any atom is 0.294 e. The summed E-state index contributed by atoms with van der Waals surface area (Å²) in [5.41, 5.74) is 1.93. The first-order chi connectivity index (χ1) is 17.6. The summed E-state index contributed by atoms with van der Waals surface area (Å²) in [4.78, 5) is 31.1. The number of morpholine rings is 1.